The smallest absolute Gasteiger partial charge is 0.0926 e. The summed E-state index contributed by atoms with van der Waals surface area (Å²) in [6.07, 6.45) is 2.81. The van der Waals surface area contributed by atoms with Crippen molar-refractivity contribution >= 4 is 11.5 Å². The van der Waals surface area contributed by atoms with Crippen LogP contribution in [0.2, 0.25) is 0 Å². The molecule has 5 heteroatoms. The number of hydrogen-bond donors (Lipinski definition) is 2. The summed E-state index contributed by atoms with van der Waals surface area (Å²) in [6.45, 7) is 3.02. The minimum absolute atomic E-state index is 0.228. The predicted octanol–water partition coefficient (Wildman–Crippen LogP) is 1.41. The van der Waals surface area contributed by atoms with Gasteiger partial charge in [0.1, 0.15) is 0 Å². The van der Waals surface area contributed by atoms with Crippen molar-refractivity contribution in [2.24, 2.45) is 0 Å². The molecule has 2 aromatic rings. The monoisotopic (exact) mass is 220 g/mol. The summed E-state index contributed by atoms with van der Waals surface area (Å²) in [6, 6.07) is 2.36. The van der Waals surface area contributed by atoms with Gasteiger partial charge in [0, 0.05) is 23.5 Å². The molecule has 1 unspecified atom stereocenters. The molecular weight excluding hydrogens is 208 g/mol. The molecule has 15 heavy (non-hydrogen) atoms. The first-order chi connectivity index (χ1) is 7.34. The number of hydrogen-bond acceptors (Lipinski definition) is 4. The van der Waals surface area contributed by atoms with Crippen LogP contribution in [-0.4, -0.2) is 20.9 Å². The van der Waals surface area contributed by atoms with E-state index >= 15 is 0 Å². The molecule has 1 aliphatic rings. The van der Waals surface area contributed by atoms with Crippen LogP contribution in [0.5, 0.6) is 0 Å². The molecular formula is C10H12N4S. The van der Waals surface area contributed by atoms with Gasteiger partial charge in [-0.25, -0.2) is 4.98 Å². The quantitative estimate of drug-likeness (QED) is 0.764. The van der Waals surface area contributed by atoms with E-state index in [1.54, 1.807) is 17.9 Å². The van der Waals surface area contributed by atoms with Crippen LogP contribution in [0.3, 0.4) is 0 Å². The van der Waals surface area contributed by atoms with Gasteiger partial charge in [-0.15, -0.1) is 0 Å². The lowest BCUT2D eigenvalue weighted by Gasteiger charge is -2.21. The van der Waals surface area contributed by atoms with Crippen molar-refractivity contribution in [1.29, 1.82) is 0 Å². The largest absolute Gasteiger partial charge is 0.348 e. The maximum atomic E-state index is 4.38. The molecule has 0 amide bonds. The maximum absolute atomic E-state index is 4.38. The van der Waals surface area contributed by atoms with Gasteiger partial charge >= 0.3 is 0 Å². The maximum Gasteiger partial charge on any atom is 0.0926 e. The van der Waals surface area contributed by atoms with Crippen LogP contribution in [0.4, 0.5) is 0 Å². The zero-order valence-electron chi connectivity index (χ0n) is 8.45. The molecule has 3 heterocycles. The standard InChI is InChI=1S/C10H12N4S/c1-6-4-8(15-14-6)10-9-7(2-3-11-10)12-5-13-9/h4-5,10-11H,2-3H2,1H3,(H,12,13). The molecule has 0 aliphatic carbocycles. The molecule has 3 rings (SSSR count). The van der Waals surface area contributed by atoms with Gasteiger partial charge in [0.25, 0.3) is 0 Å². The Morgan fingerprint density at radius 2 is 2.47 bits per heavy atom. The van der Waals surface area contributed by atoms with E-state index in [0.29, 0.717) is 0 Å². The van der Waals surface area contributed by atoms with Gasteiger partial charge in [0.15, 0.2) is 0 Å². The lowest BCUT2D eigenvalue weighted by atomic mass is 10.0. The third-order valence-corrected chi connectivity index (χ3v) is 3.62. The Morgan fingerprint density at radius 3 is 3.27 bits per heavy atom. The number of nitrogens with zero attached hydrogens (tertiary/aromatic N) is 2. The Balaban J connectivity index is 2.02. The third kappa shape index (κ3) is 1.48. The van der Waals surface area contributed by atoms with E-state index in [4.69, 9.17) is 0 Å². The van der Waals surface area contributed by atoms with Crippen molar-refractivity contribution < 1.29 is 0 Å². The summed E-state index contributed by atoms with van der Waals surface area (Å²) in [5, 5.41) is 3.48. The average Bonchev–Trinajstić information content (AvgIpc) is 2.84. The second-order valence-electron chi connectivity index (χ2n) is 3.77. The normalized spacial score (nSPS) is 20.2. The SMILES string of the molecule is Cc1cc(C2NCCc3[nH]cnc32)sn1. The fourth-order valence-electron chi connectivity index (χ4n) is 1.97. The van der Waals surface area contributed by atoms with E-state index in [-0.39, 0.29) is 6.04 Å². The first-order valence-electron chi connectivity index (χ1n) is 5.03. The number of nitrogens with one attached hydrogen (secondary N) is 2. The highest BCUT2D eigenvalue weighted by molar-refractivity contribution is 7.05. The Kier molecular flexibility index (Phi) is 2.07. The molecule has 0 saturated heterocycles. The van der Waals surface area contributed by atoms with Gasteiger partial charge in [-0.3, -0.25) is 0 Å². The summed E-state index contributed by atoms with van der Waals surface area (Å²) in [5.74, 6) is 0. The van der Waals surface area contributed by atoms with Crippen molar-refractivity contribution in [2.75, 3.05) is 6.54 Å². The molecule has 2 N–H and O–H groups in total. The van der Waals surface area contributed by atoms with E-state index in [9.17, 15) is 0 Å². The van der Waals surface area contributed by atoms with Gasteiger partial charge in [0.05, 0.1) is 23.8 Å². The Labute approximate surface area is 91.9 Å². The van der Waals surface area contributed by atoms with Crippen LogP contribution < -0.4 is 5.32 Å². The van der Waals surface area contributed by atoms with Gasteiger partial charge < -0.3 is 10.3 Å². The minimum atomic E-state index is 0.228. The summed E-state index contributed by atoms with van der Waals surface area (Å²) in [7, 11) is 0. The zero-order valence-corrected chi connectivity index (χ0v) is 9.27. The molecule has 0 bridgehead atoms. The van der Waals surface area contributed by atoms with Gasteiger partial charge in [-0.1, -0.05) is 0 Å². The molecule has 0 spiro atoms. The molecule has 0 aromatic carbocycles. The molecule has 1 atom stereocenters. The van der Waals surface area contributed by atoms with E-state index in [1.807, 2.05) is 6.92 Å². The minimum Gasteiger partial charge on any atom is -0.348 e. The fraction of sp³-hybridized carbons (Fsp3) is 0.400. The topological polar surface area (TPSA) is 53.6 Å². The summed E-state index contributed by atoms with van der Waals surface area (Å²) >= 11 is 1.56. The molecule has 1 aliphatic heterocycles. The molecule has 0 radical (unpaired) electrons. The number of rotatable bonds is 1. The molecule has 4 nitrogen and oxygen atoms in total. The Morgan fingerprint density at radius 1 is 1.53 bits per heavy atom. The van der Waals surface area contributed by atoms with E-state index in [1.165, 1.54) is 10.6 Å². The van der Waals surface area contributed by atoms with Crippen LogP contribution in [0.15, 0.2) is 12.4 Å². The number of H-pyrrole nitrogens is 1. The van der Waals surface area contributed by atoms with Crippen LogP contribution >= 0.6 is 11.5 Å². The van der Waals surface area contributed by atoms with Gasteiger partial charge in [-0.2, -0.15) is 4.37 Å². The van der Waals surface area contributed by atoms with Crippen molar-refractivity contribution in [2.45, 2.75) is 19.4 Å². The lowest BCUT2D eigenvalue weighted by molar-refractivity contribution is 0.560. The lowest BCUT2D eigenvalue weighted by Crippen LogP contribution is -2.30. The van der Waals surface area contributed by atoms with Gasteiger partial charge in [0.2, 0.25) is 0 Å². The predicted molar refractivity (Wildman–Crippen MR) is 59.0 cm³/mol. The molecule has 78 valence electrons. The van der Waals surface area contributed by atoms with Crippen LogP contribution in [0.1, 0.15) is 28.0 Å². The molecule has 0 saturated carbocycles. The summed E-state index contributed by atoms with van der Waals surface area (Å²) in [4.78, 5) is 8.83. The van der Waals surface area contributed by atoms with Crippen molar-refractivity contribution in [3.8, 4) is 0 Å². The summed E-state index contributed by atoms with van der Waals surface area (Å²) < 4.78 is 4.31. The third-order valence-electron chi connectivity index (χ3n) is 2.68. The second-order valence-corrected chi connectivity index (χ2v) is 4.61. The second kappa shape index (κ2) is 3.43. The summed E-state index contributed by atoms with van der Waals surface area (Å²) in [5.41, 5.74) is 3.47. The van der Waals surface area contributed by atoms with Crippen molar-refractivity contribution in [1.82, 2.24) is 19.7 Å². The molecule has 2 aromatic heterocycles. The highest BCUT2D eigenvalue weighted by Gasteiger charge is 2.24. The average molecular weight is 220 g/mol. The Bertz CT molecular complexity index is 473. The van der Waals surface area contributed by atoms with E-state index < -0.39 is 0 Å². The highest BCUT2D eigenvalue weighted by atomic mass is 32.1. The van der Waals surface area contributed by atoms with Gasteiger partial charge in [-0.05, 0) is 24.5 Å². The van der Waals surface area contributed by atoms with Crippen molar-refractivity contribution in [3.05, 3.63) is 34.4 Å². The van der Waals surface area contributed by atoms with Crippen LogP contribution in [0, 0.1) is 6.92 Å². The Hall–Kier alpha value is -1.20. The fourth-order valence-corrected chi connectivity index (χ4v) is 2.80. The highest BCUT2D eigenvalue weighted by Crippen LogP contribution is 2.28. The number of imidazole rings is 1. The molecule has 0 fully saturated rings. The van der Waals surface area contributed by atoms with Crippen LogP contribution in [-0.2, 0) is 6.42 Å². The zero-order chi connectivity index (χ0) is 10.3. The number of fused-ring (bicyclic) bond motifs is 1. The van der Waals surface area contributed by atoms with Crippen LogP contribution in [0.25, 0.3) is 0 Å². The number of aryl methyl sites for hydroxylation is 1. The number of aromatic nitrogens is 3. The van der Waals surface area contributed by atoms with Crippen molar-refractivity contribution in [3.63, 3.8) is 0 Å². The van der Waals surface area contributed by atoms with E-state index in [2.05, 4.69) is 25.7 Å². The number of aromatic amines is 1. The first-order valence-corrected chi connectivity index (χ1v) is 5.80. The van der Waals surface area contributed by atoms with E-state index in [0.717, 1.165) is 24.4 Å². The first kappa shape index (κ1) is 9.06.